The zero-order valence-corrected chi connectivity index (χ0v) is 22.1. The van der Waals surface area contributed by atoms with Crippen molar-refractivity contribution in [2.24, 2.45) is 0 Å². The van der Waals surface area contributed by atoms with E-state index in [0.29, 0.717) is 60.6 Å². The second-order valence-electron chi connectivity index (χ2n) is 9.98. The summed E-state index contributed by atoms with van der Waals surface area (Å²) in [6.45, 7) is 6.03. The van der Waals surface area contributed by atoms with Crippen LogP contribution in [0.25, 0.3) is 11.5 Å². The summed E-state index contributed by atoms with van der Waals surface area (Å²) < 4.78 is 16.6. The zero-order chi connectivity index (χ0) is 27.7. The van der Waals surface area contributed by atoms with Gasteiger partial charge < -0.3 is 39.6 Å². The Kier molecular flexibility index (Phi) is 7.06. The molecular formula is C26H29BN8O5. The van der Waals surface area contributed by atoms with Gasteiger partial charge in [0.25, 0.3) is 11.8 Å². The number of aliphatic hydroxyl groups is 1. The quantitative estimate of drug-likeness (QED) is 0.237. The minimum Gasteiger partial charge on any atom is -0.423 e. The van der Waals surface area contributed by atoms with Gasteiger partial charge in [-0.05, 0) is 30.6 Å². The Morgan fingerprint density at radius 1 is 1.07 bits per heavy atom. The van der Waals surface area contributed by atoms with Gasteiger partial charge in [-0.2, -0.15) is 9.97 Å². The number of morpholine rings is 1. The average Bonchev–Trinajstić information content (AvgIpc) is 3.55. The predicted molar refractivity (Wildman–Crippen MR) is 147 cm³/mol. The van der Waals surface area contributed by atoms with Gasteiger partial charge in [-0.15, -0.1) is 0 Å². The maximum Gasteiger partial charge on any atom is 0.493 e. The van der Waals surface area contributed by atoms with Crippen molar-refractivity contribution in [1.29, 1.82) is 0 Å². The van der Waals surface area contributed by atoms with Crippen LogP contribution in [0.4, 0.5) is 23.5 Å². The number of aliphatic hydroxyl groups excluding tert-OH is 1. The van der Waals surface area contributed by atoms with Gasteiger partial charge in [-0.25, -0.2) is 9.97 Å². The zero-order valence-electron chi connectivity index (χ0n) is 22.1. The fourth-order valence-electron chi connectivity index (χ4n) is 4.74. The SMILES string of the molecule is CC1(C)OB(O)c2ccc(Nc3ncc(-c4nc(N5CCOCC5)no4)c(N[C@H](CO)c4ccccc4)n3)nc21. The standard InChI is InChI=1S/C26H29BN8O5/c1-26(2)21-18(27(37)40-26)8-9-20(30-21)31-24-28-14-17(23-33-25(34-39-23)35-10-12-38-13-11-35)22(32-24)29-19(15-36)16-6-4-3-5-7-16/h3-9,14,19,36-37H,10-13,15H2,1-2H3,(H2,28,29,30,31,32)/t19-/m1/s1. The first-order valence-electron chi connectivity index (χ1n) is 13.0. The topological polar surface area (TPSA) is 164 Å². The number of hydrogen-bond donors (Lipinski definition) is 4. The molecule has 1 saturated heterocycles. The summed E-state index contributed by atoms with van der Waals surface area (Å²) >= 11 is 0. The van der Waals surface area contributed by atoms with Gasteiger partial charge in [0.2, 0.25) is 5.95 Å². The van der Waals surface area contributed by atoms with Crippen molar-refractivity contribution in [2.45, 2.75) is 25.5 Å². The summed E-state index contributed by atoms with van der Waals surface area (Å²) in [7, 11) is -1.02. The predicted octanol–water partition coefficient (Wildman–Crippen LogP) is 1.60. The molecule has 0 saturated carbocycles. The maximum absolute atomic E-state index is 10.2. The number of ether oxygens (including phenoxy) is 1. The van der Waals surface area contributed by atoms with E-state index in [9.17, 15) is 10.1 Å². The van der Waals surface area contributed by atoms with Crippen LogP contribution in [0.5, 0.6) is 0 Å². The van der Waals surface area contributed by atoms with Gasteiger partial charge in [-0.3, -0.25) is 0 Å². The van der Waals surface area contributed by atoms with Crippen LogP contribution in [0, 0.1) is 0 Å². The Hall–Kier alpha value is -4.11. The van der Waals surface area contributed by atoms with Crippen molar-refractivity contribution in [1.82, 2.24) is 25.1 Å². The van der Waals surface area contributed by atoms with Crippen LogP contribution in [-0.4, -0.2) is 75.3 Å². The molecule has 0 unspecified atom stereocenters. The van der Waals surface area contributed by atoms with Crippen molar-refractivity contribution in [3.8, 4) is 11.5 Å². The Labute approximate surface area is 230 Å². The molecule has 4 aromatic rings. The second-order valence-corrected chi connectivity index (χ2v) is 9.98. The van der Waals surface area contributed by atoms with E-state index < -0.39 is 18.8 Å². The Bertz CT molecular complexity index is 1480. The van der Waals surface area contributed by atoms with Crippen molar-refractivity contribution >= 4 is 36.1 Å². The van der Waals surface area contributed by atoms with Crippen molar-refractivity contribution < 1.29 is 24.0 Å². The van der Waals surface area contributed by atoms with E-state index in [1.165, 1.54) is 0 Å². The first kappa shape index (κ1) is 26.1. The van der Waals surface area contributed by atoms with Crippen LogP contribution in [0.3, 0.4) is 0 Å². The third-order valence-corrected chi connectivity index (χ3v) is 6.83. The van der Waals surface area contributed by atoms with E-state index in [1.54, 1.807) is 18.3 Å². The minimum absolute atomic E-state index is 0.178. The lowest BCUT2D eigenvalue weighted by atomic mass is 9.80. The van der Waals surface area contributed by atoms with Gasteiger partial charge in [0.15, 0.2) is 0 Å². The fourth-order valence-corrected chi connectivity index (χ4v) is 4.74. The molecule has 0 amide bonds. The number of hydrogen-bond acceptors (Lipinski definition) is 13. The number of benzene rings is 1. The summed E-state index contributed by atoms with van der Waals surface area (Å²) in [6.07, 6.45) is 1.58. The Balaban J connectivity index is 1.33. The molecule has 40 heavy (non-hydrogen) atoms. The smallest absolute Gasteiger partial charge is 0.423 e. The van der Waals surface area contributed by atoms with Gasteiger partial charge in [0, 0.05) is 24.7 Å². The summed E-state index contributed by atoms with van der Waals surface area (Å²) in [5.74, 6) is 1.83. The largest absolute Gasteiger partial charge is 0.493 e. The molecule has 13 nitrogen and oxygen atoms in total. The molecule has 4 N–H and O–H groups in total. The van der Waals surface area contributed by atoms with E-state index >= 15 is 0 Å². The number of pyridine rings is 1. The van der Waals surface area contributed by atoms with Gasteiger partial charge in [0.05, 0.1) is 37.2 Å². The third kappa shape index (κ3) is 5.21. The van der Waals surface area contributed by atoms with Crippen LogP contribution in [0.1, 0.15) is 31.1 Å². The van der Waals surface area contributed by atoms with E-state index in [1.807, 2.05) is 49.1 Å². The highest BCUT2D eigenvalue weighted by Crippen LogP contribution is 2.32. The molecular weight excluding hydrogens is 515 g/mol. The van der Waals surface area contributed by atoms with Crippen LogP contribution >= 0.6 is 0 Å². The molecule has 0 spiro atoms. The van der Waals surface area contributed by atoms with E-state index in [0.717, 1.165) is 5.56 Å². The van der Waals surface area contributed by atoms with E-state index in [2.05, 4.69) is 30.7 Å². The van der Waals surface area contributed by atoms with Gasteiger partial charge in [-0.1, -0.05) is 36.4 Å². The molecule has 1 fully saturated rings. The maximum atomic E-state index is 10.2. The van der Waals surface area contributed by atoms with Crippen molar-refractivity contribution in [3.05, 3.63) is 59.9 Å². The number of rotatable bonds is 8. The highest BCUT2D eigenvalue weighted by molar-refractivity contribution is 6.61. The minimum atomic E-state index is -1.02. The number of nitrogens with zero attached hydrogens (tertiary/aromatic N) is 6. The monoisotopic (exact) mass is 544 g/mol. The molecule has 6 rings (SSSR count). The molecule has 1 atom stereocenters. The molecule has 2 aliphatic rings. The van der Waals surface area contributed by atoms with Crippen molar-refractivity contribution in [3.63, 3.8) is 0 Å². The average molecular weight is 544 g/mol. The molecule has 206 valence electrons. The van der Waals surface area contributed by atoms with Crippen LogP contribution in [-0.2, 0) is 15.0 Å². The van der Waals surface area contributed by atoms with Crippen LogP contribution in [0.2, 0.25) is 0 Å². The number of anilines is 4. The summed E-state index contributed by atoms with van der Waals surface area (Å²) in [6, 6.07) is 12.6. The molecule has 14 heteroatoms. The fraction of sp³-hybridized carbons (Fsp3) is 0.346. The van der Waals surface area contributed by atoms with Crippen molar-refractivity contribution in [2.75, 3.05) is 48.4 Å². The summed E-state index contributed by atoms with van der Waals surface area (Å²) in [5, 5.41) is 31.0. The number of nitrogens with one attached hydrogen (secondary N) is 2. The molecule has 5 heterocycles. The Morgan fingerprint density at radius 2 is 1.88 bits per heavy atom. The van der Waals surface area contributed by atoms with E-state index in [4.69, 9.17) is 18.9 Å². The molecule has 0 aliphatic carbocycles. The van der Waals surface area contributed by atoms with Crippen LogP contribution < -0.4 is 21.0 Å². The first-order chi connectivity index (χ1) is 19.4. The highest BCUT2D eigenvalue weighted by Gasteiger charge is 2.42. The second kappa shape index (κ2) is 10.8. The molecule has 1 aromatic carbocycles. The normalized spacial score (nSPS) is 17.0. The lowest BCUT2D eigenvalue weighted by Crippen LogP contribution is -2.36. The number of fused-ring (bicyclic) bond motifs is 1. The van der Waals surface area contributed by atoms with E-state index in [-0.39, 0.29) is 18.4 Å². The molecule has 0 radical (unpaired) electrons. The lowest BCUT2D eigenvalue weighted by molar-refractivity contribution is 0.0970. The van der Waals surface area contributed by atoms with Gasteiger partial charge in [0.1, 0.15) is 17.2 Å². The third-order valence-electron chi connectivity index (χ3n) is 6.83. The summed E-state index contributed by atoms with van der Waals surface area (Å²) in [4.78, 5) is 20.4. The summed E-state index contributed by atoms with van der Waals surface area (Å²) in [5.41, 5.74) is 1.86. The molecule has 0 bridgehead atoms. The molecule has 3 aromatic heterocycles. The van der Waals surface area contributed by atoms with Crippen LogP contribution in [0.15, 0.2) is 53.2 Å². The lowest BCUT2D eigenvalue weighted by Gasteiger charge is -2.24. The number of aromatic nitrogens is 5. The molecule has 2 aliphatic heterocycles. The first-order valence-corrected chi connectivity index (χ1v) is 13.0. The van der Waals surface area contributed by atoms with Gasteiger partial charge >= 0.3 is 7.12 Å². The highest BCUT2D eigenvalue weighted by atomic mass is 16.5. The Morgan fingerprint density at radius 3 is 2.65 bits per heavy atom.